The molecule has 3 aliphatic rings. The molecule has 5 N–H and O–H groups in total. The zero-order chi connectivity index (χ0) is 38.0. The lowest BCUT2D eigenvalue weighted by Crippen LogP contribution is -2.71. The molecule has 54 heavy (non-hydrogen) atoms. The number of aliphatic carboxylic acids is 2. The molecule has 0 unspecified atom stereocenters. The Morgan fingerprint density at radius 3 is 2.07 bits per heavy atom. The number of aromatic nitrogens is 1. The highest BCUT2D eigenvalue weighted by molar-refractivity contribution is 8.00. The number of carboxylic acids is 2. The number of allylic oxidation sites excluding steroid dienone is 1. The number of fused-ring (bicyclic) bond motifs is 1. The topological polar surface area (TPSA) is 205 Å². The van der Waals surface area contributed by atoms with Gasteiger partial charge >= 0.3 is 11.9 Å². The summed E-state index contributed by atoms with van der Waals surface area (Å²) in [7, 11) is 0. The number of carboxylic acid groups (broad SMARTS) is 2. The first-order valence-corrected chi connectivity index (χ1v) is 18.6. The lowest BCUT2D eigenvalue weighted by Gasteiger charge is -2.49. The summed E-state index contributed by atoms with van der Waals surface area (Å²) < 4.78 is 0. The van der Waals surface area contributed by atoms with Gasteiger partial charge in [-0.3, -0.25) is 24.1 Å². The molecule has 0 saturated carbocycles. The van der Waals surface area contributed by atoms with Crippen molar-refractivity contribution >= 4 is 63.6 Å². The van der Waals surface area contributed by atoms with Gasteiger partial charge < -0.3 is 31.0 Å². The van der Waals surface area contributed by atoms with E-state index in [1.54, 1.807) is 5.38 Å². The van der Waals surface area contributed by atoms with Gasteiger partial charge in [-0.1, -0.05) is 96.2 Å². The number of amides is 3. The van der Waals surface area contributed by atoms with Crippen molar-refractivity contribution in [3.05, 3.63) is 142 Å². The fourth-order valence-electron chi connectivity index (χ4n) is 6.68. The molecule has 0 bridgehead atoms. The molecule has 2 fully saturated rings. The number of anilines is 1. The van der Waals surface area contributed by atoms with E-state index in [1.165, 1.54) is 17.8 Å². The first-order valence-electron chi connectivity index (χ1n) is 16.7. The summed E-state index contributed by atoms with van der Waals surface area (Å²) in [5.74, 6) is -4.42. The van der Waals surface area contributed by atoms with Gasteiger partial charge in [0.1, 0.15) is 29.4 Å². The van der Waals surface area contributed by atoms with Crippen LogP contribution in [0.2, 0.25) is 0 Å². The number of benzene rings is 3. The molecular weight excluding hydrogens is 733 g/mol. The first kappa shape index (κ1) is 36.1. The van der Waals surface area contributed by atoms with E-state index in [2.05, 4.69) is 15.5 Å². The predicted molar refractivity (Wildman–Crippen MR) is 200 cm³/mol. The number of nitrogens with two attached hydrogens (primary N) is 1. The van der Waals surface area contributed by atoms with Gasteiger partial charge in [0.25, 0.3) is 11.8 Å². The predicted octanol–water partition coefficient (Wildman–Crippen LogP) is 3.42. The molecular formula is C38H32N6O8S2. The van der Waals surface area contributed by atoms with E-state index in [1.807, 2.05) is 91.0 Å². The molecule has 7 rings (SSSR count). The monoisotopic (exact) mass is 764 g/mol. The van der Waals surface area contributed by atoms with Gasteiger partial charge in [0.2, 0.25) is 11.5 Å². The largest absolute Gasteiger partial charge is 0.480 e. The zero-order valence-electron chi connectivity index (χ0n) is 28.3. The Morgan fingerprint density at radius 1 is 0.963 bits per heavy atom. The smallest absolute Gasteiger partial charge is 0.352 e. The Morgan fingerprint density at radius 2 is 1.56 bits per heavy atom. The van der Waals surface area contributed by atoms with Gasteiger partial charge in [0, 0.05) is 39.9 Å². The molecule has 2 atom stereocenters. The summed E-state index contributed by atoms with van der Waals surface area (Å²) in [6, 6.07) is 27.1. The summed E-state index contributed by atoms with van der Waals surface area (Å²) in [6.45, 7) is -0.292. The highest BCUT2D eigenvalue weighted by Gasteiger charge is 2.54. The number of oxime groups is 1. The minimum absolute atomic E-state index is 0.108. The van der Waals surface area contributed by atoms with Gasteiger partial charge in [-0.2, -0.15) is 0 Å². The van der Waals surface area contributed by atoms with Crippen molar-refractivity contribution in [2.45, 2.75) is 23.4 Å². The summed E-state index contributed by atoms with van der Waals surface area (Å²) in [6.07, 6.45) is 1.65. The van der Waals surface area contributed by atoms with Crippen LogP contribution in [0.3, 0.4) is 0 Å². The maximum Gasteiger partial charge on any atom is 0.352 e. The average Bonchev–Trinajstić information content (AvgIpc) is 3.76. The fraction of sp³-hybridized carbons (Fsp3) is 0.184. The molecule has 3 aromatic carbocycles. The van der Waals surface area contributed by atoms with E-state index in [4.69, 9.17) is 15.7 Å². The van der Waals surface area contributed by atoms with Crippen LogP contribution >= 0.6 is 23.1 Å². The van der Waals surface area contributed by atoms with Crippen molar-refractivity contribution in [2.75, 3.05) is 24.6 Å². The third kappa shape index (κ3) is 6.72. The summed E-state index contributed by atoms with van der Waals surface area (Å²) in [4.78, 5) is 77.3. The van der Waals surface area contributed by atoms with Crippen LogP contribution in [0.1, 0.15) is 28.8 Å². The third-order valence-electron chi connectivity index (χ3n) is 9.17. The Bertz CT molecular complexity index is 2130. The maximum atomic E-state index is 14.2. The molecule has 16 heteroatoms. The van der Waals surface area contributed by atoms with Crippen LogP contribution in [0.15, 0.2) is 124 Å². The zero-order valence-corrected chi connectivity index (χ0v) is 30.0. The molecule has 14 nitrogen and oxygen atoms in total. The minimum Gasteiger partial charge on any atom is -0.480 e. The maximum absolute atomic E-state index is 14.2. The van der Waals surface area contributed by atoms with Gasteiger partial charge in [0.15, 0.2) is 10.8 Å². The first-order chi connectivity index (χ1) is 26.1. The number of likely N-dealkylation sites (tertiary alicyclic amines) is 1. The molecule has 1 aromatic heterocycles. The summed E-state index contributed by atoms with van der Waals surface area (Å²) in [5.41, 5.74) is 6.83. The minimum atomic E-state index is -1.38. The van der Waals surface area contributed by atoms with E-state index in [0.717, 1.165) is 37.8 Å². The second-order valence-corrected chi connectivity index (χ2v) is 14.5. The molecule has 4 heterocycles. The number of carbonyl (C=O) groups is 5. The van der Waals surface area contributed by atoms with Crippen LogP contribution in [0.5, 0.6) is 0 Å². The second kappa shape index (κ2) is 15.0. The number of β-lactam (4-membered cyclic amide) rings is 1. The van der Waals surface area contributed by atoms with E-state index < -0.39 is 53.2 Å². The normalized spacial score (nSPS) is 19.4. The summed E-state index contributed by atoms with van der Waals surface area (Å²) in [5, 5.41) is 27.4. The number of carbonyl (C=O) groups excluding carboxylic acids is 3. The van der Waals surface area contributed by atoms with Crippen LogP contribution in [0, 0.1) is 0 Å². The number of nitrogens with one attached hydrogen (secondary N) is 1. The van der Waals surface area contributed by atoms with Gasteiger partial charge in [-0.25, -0.2) is 9.78 Å². The highest BCUT2D eigenvalue weighted by Crippen LogP contribution is 2.43. The number of thioether (sulfide) groups is 1. The van der Waals surface area contributed by atoms with E-state index in [9.17, 15) is 29.1 Å². The Labute approximate surface area is 316 Å². The lowest BCUT2D eigenvalue weighted by molar-refractivity contribution is -0.150. The number of hydrogen-bond donors (Lipinski definition) is 4. The molecule has 4 aromatic rings. The molecule has 2 saturated heterocycles. The van der Waals surface area contributed by atoms with E-state index >= 15 is 0 Å². The van der Waals surface area contributed by atoms with Crippen LogP contribution in [0.25, 0.3) is 0 Å². The van der Waals surface area contributed by atoms with Crippen LogP contribution in [-0.2, 0) is 34.4 Å². The molecule has 0 radical (unpaired) electrons. The van der Waals surface area contributed by atoms with Crippen LogP contribution in [0.4, 0.5) is 5.13 Å². The number of hydrogen-bond acceptors (Lipinski definition) is 11. The highest BCUT2D eigenvalue weighted by atomic mass is 32.2. The molecule has 274 valence electrons. The Hall–Kier alpha value is -6.26. The molecule has 3 amide bonds. The van der Waals surface area contributed by atoms with E-state index in [0.29, 0.717) is 0 Å². The quantitative estimate of drug-likeness (QED) is 0.0541. The molecule has 0 spiro atoms. The molecule has 0 aliphatic carbocycles. The summed E-state index contributed by atoms with van der Waals surface area (Å²) >= 11 is 2.30. The van der Waals surface area contributed by atoms with Gasteiger partial charge in [-0.05, 0) is 18.1 Å². The molecule has 3 aliphatic heterocycles. The van der Waals surface area contributed by atoms with Crippen molar-refractivity contribution in [3.63, 3.8) is 0 Å². The standard InChI is InChI=1S/C38H32N6O8S2/c39-37-40-27(21-54-37)29(42-52-38(24-10-4-1-5-11-24,25-12-6-2-7-13-25)26-14-8-3-9-15-26)32(47)41-30-34(49)44-31(36(50)51)23(20-53-35(30)44)18-22-16-17-43(33(22)48)19-28(45)46/h1-15,18,21,30,35H,16-17,19-20H2,(H2,39,40)(H,41,47)(H,45,46)(H,50,51)/t30-,35-/m1/s1. The SMILES string of the molecule is Nc1nc(C(=NOC(c2ccccc2)(c2ccccc2)c2ccccc2)C(=O)N[C@@H]2C(=O)N3C(C(=O)O)=C(C=C4CCN(CC(=O)O)C4=O)CS[C@H]23)cs1. The van der Waals surface area contributed by atoms with Crippen molar-refractivity contribution in [1.29, 1.82) is 0 Å². The van der Waals surface area contributed by atoms with Crippen LogP contribution in [-0.4, -0.2) is 90.6 Å². The van der Waals surface area contributed by atoms with Crippen LogP contribution < -0.4 is 11.1 Å². The Balaban J connectivity index is 1.21. The average molecular weight is 765 g/mol. The lowest BCUT2D eigenvalue weighted by atomic mass is 9.80. The van der Waals surface area contributed by atoms with Crippen molar-refractivity contribution < 1.29 is 39.0 Å². The van der Waals surface area contributed by atoms with Crippen molar-refractivity contribution in [1.82, 2.24) is 20.1 Å². The van der Waals surface area contributed by atoms with Gasteiger partial charge in [0.05, 0.1) is 0 Å². The number of rotatable bonds is 12. The Kier molecular flexibility index (Phi) is 10.0. The number of thiazole rings is 1. The third-order valence-corrected chi connectivity index (χ3v) is 11.1. The number of nitrogen functional groups attached to an aromatic ring is 1. The fourth-order valence-corrected chi connectivity index (χ4v) is 8.53. The number of nitrogens with zero attached hydrogens (tertiary/aromatic N) is 4. The van der Waals surface area contributed by atoms with Crippen molar-refractivity contribution in [3.8, 4) is 0 Å². The van der Waals surface area contributed by atoms with E-state index in [-0.39, 0.29) is 52.1 Å². The van der Waals surface area contributed by atoms with Gasteiger partial charge in [-0.15, -0.1) is 23.1 Å². The van der Waals surface area contributed by atoms with Crippen molar-refractivity contribution in [2.24, 2.45) is 5.16 Å². The second-order valence-electron chi connectivity index (χ2n) is 12.5.